The summed E-state index contributed by atoms with van der Waals surface area (Å²) in [5.41, 5.74) is 6.71. The van der Waals surface area contributed by atoms with Crippen molar-refractivity contribution in [1.82, 2.24) is 9.88 Å². The van der Waals surface area contributed by atoms with E-state index in [0.29, 0.717) is 12.3 Å². The molecule has 2 unspecified atom stereocenters. The molecule has 2 rings (SSSR count). The van der Waals surface area contributed by atoms with E-state index in [2.05, 4.69) is 4.98 Å². The molecule has 1 aromatic heterocycles. The van der Waals surface area contributed by atoms with E-state index in [-0.39, 0.29) is 6.04 Å². The van der Waals surface area contributed by atoms with E-state index in [9.17, 15) is 8.42 Å². The lowest BCUT2D eigenvalue weighted by atomic mass is 10.3. The summed E-state index contributed by atoms with van der Waals surface area (Å²) in [7, 11) is -3.05. The first-order valence-corrected chi connectivity index (χ1v) is 10.1. The van der Waals surface area contributed by atoms with Crippen LogP contribution in [0.1, 0.15) is 23.7 Å². The average molecular weight is 321 g/mol. The first kappa shape index (κ1) is 15.2. The van der Waals surface area contributed by atoms with E-state index in [1.165, 1.54) is 17.6 Å². The van der Waals surface area contributed by atoms with Gasteiger partial charge in [-0.2, -0.15) is 11.8 Å². The fourth-order valence-electron chi connectivity index (χ4n) is 2.00. The molecule has 108 valence electrons. The normalized spacial score (nSPS) is 23.4. The Balaban J connectivity index is 2.11. The lowest BCUT2D eigenvalue weighted by Gasteiger charge is -2.33. The van der Waals surface area contributed by atoms with Crippen LogP contribution in [-0.2, 0) is 16.4 Å². The van der Waals surface area contributed by atoms with E-state index in [0.717, 1.165) is 23.0 Å². The van der Waals surface area contributed by atoms with Crippen LogP contribution in [0.25, 0.3) is 0 Å². The largest absolute Gasteiger partial charge is 0.322 e. The molecule has 0 bridgehead atoms. The van der Waals surface area contributed by atoms with Crippen LogP contribution in [0.2, 0.25) is 0 Å². The zero-order chi connectivity index (χ0) is 14.0. The van der Waals surface area contributed by atoms with Gasteiger partial charge in [-0.3, -0.25) is 4.90 Å². The van der Waals surface area contributed by atoms with E-state index in [1.807, 2.05) is 17.2 Å². The monoisotopic (exact) mass is 321 g/mol. The second-order valence-corrected chi connectivity index (χ2v) is 9.04. The summed E-state index contributed by atoms with van der Waals surface area (Å²) in [6.07, 6.45) is 1.31. The van der Waals surface area contributed by atoms with Crippen LogP contribution >= 0.6 is 23.1 Å². The molecule has 0 spiro atoms. The maximum absolute atomic E-state index is 11.8. The molecule has 19 heavy (non-hydrogen) atoms. The highest BCUT2D eigenvalue weighted by Crippen LogP contribution is 2.23. The Morgan fingerprint density at radius 2 is 2.37 bits per heavy atom. The van der Waals surface area contributed by atoms with Crippen molar-refractivity contribution in [2.24, 2.45) is 5.73 Å². The Morgan fingerprint density at radius 1 is 1.63 bits per heavy atom. The summed E-state index contributed by atoms with van der Waals surface area (Å²) in [5, 5.41) is 2.48. The van der Waals surface area contributed by atoms with Crippen molar-refractivity contribution in [2.45, 2.75) is 24.9 Å². The number of aromatic nitrogens is 1. The molecule has 1 aliphatic heterocycles. The van der Waals surface area contributed by atoms with Crippen molar-refractivity contribution in [1.29, 1.82) is 0 Å². The molecular formula is C11H19N3O2S3. The van der Waals surface area contributed by atoms with Crippen LogP contribution in [-0.4, -0.2) is 48.0 Å². The van der Waals surface area contributed by atoms with Crippen LogP contribution in [0.3, 0.4) is 0 Å². The molecule has 0 aromatic carbocycles. The van der Waals surface area contributed by atoms with Crippen molar-refractivity contribution in [3.8, 4) is 0 Å². The van der Waals surface area contributed by atoms with Gasteiger partial charge in [-0.15, -0.1) is 11.3 Å². The Kier molecular flexibility index (Phi) is 4.88. The Bertz CT molecular complexity index is 527. The van der Waals surface area contributed by atoms with Crippen molar-refractivity contribution in [3.05, 3.63) is 16.1 Å². The topological polar surface area (TPSA) is 76.3 Å². The van der Waals surface area contributed by atoms with Gasteiger partial charge in [-0.25, -0.2) is 13.4 Å². The van der Waals surface area contributed by atoms with Gasteiger partial charge in [0, 0.05) is 36.2 Å². The van der Waals surface area contributed by atoms with Crippen LogP contribution in [0.15, 0.2) is 5.38 Å². The summed E-state index contributed by atoms with van der Waals surface area (Å²) in [4.78, 5) is 6.48. The average Bonchev–Trinajstić information content (AvgIpc) is 2.77. The van der Waals surface area contributed by atoms with E-state index in [4.69, 9.17) is 5.73 Å². The summed E-state index contributed by atoms with van der Waals surface area (Å²) >= 11 is 3.23. The molecular weight excluding hydrogens is 302 g/mol. The maximum atomic E-state index is 11.8. The molecule has 2 atom stereocenters. The molecule has 1 aliphatic rings. The summed E-state index contributed by atoms with van der Waals surface area (Å²) in [6.45, 7) is 3.27. The summed E-state index contributed by atoms with van der Waals surface area (Å²) < 4.78 is 23.6. The van der Waals surface area contributed by atoms with Crippen LogP contribution in [0, 0.1) is 0 Å². The Labute approximate surface area is 122 Å². The molecule has 0 amide bonds. The van der Waals surface area contributed by atoms with E-state index in [1.54, 1.807) is 11.8 Å². The number of nitrogens with zero attached hydrogens (tertiary/aromatic N) is 2. The predicted molar refractivity (Wildman–Crippen MR) is 81.1 cm³/mol. The van der Waals surface area contributed by atoms with E-state index >= 15 is 0 Å². The van der Waals surface area contributed by atoms with Crippen molar-refractivity contribution in [2.75, 3.05) is 24.3 Å². The molecule has 1 fully saturated rings. The summed E-state index contributed by atoms with van der Waals surface area (Å²) in [5.74, 6) is 1.61. The number of thiazole rings is 1. The van der Waals surface area contributed by atoms with Crippen LogP contribution in [0.4, 0.5) is 0 Å². The number of rotatable bonds is 4. The number of hydrogen-bond acceptors (Lipinski definition) is 7. The SMILES string of the molecule is CC(N)c1nc(CN2CCSCC2S(C)(=O)=O)cs1. The number of thioether (sulfide) groups is 1. The third kappa shape index (κ3) is 3.91. The second-order valence-electron chi connectivity index (χ2n) is 4.80. The third-order valence-corrected chi connectivity index (χ3v) is 6.79. The van der Waals surface area contributed by atoms with Gasteiger partial charge < -0.3 is 5.73 Å². The van der Waals surface area contributed by atoms with Crippen molar-refractivity contribution < 1.29 is 8.42 Å². The van der Waals surface area contributed by atoms with Gasteiger partial charge >= 0.3 is 0 Å². The van der Waals surface area contributed by atoms with E-state index < -0.39 is 15.2 Å². The molecule has 8 heteroatoms. The molecule has 1 saturated heterocycles. The number of hydrogen-bond donors (Lipinski definition) is 1. The third-order valence-electron chi connectivity index (χ3n) is 3.01. The fourth-order valence-corrected chi connectivity index (χ4v) is 5.71. The fraction of sp³-hybridized carbons (Fsp3) is 0.727. The Hall–Kier alpha value is -0.150. The highest BCUT2D eigenvalue weighted by Gasteiger charge is 2.31. The number of sulfone groups is 1. The second kappa shape index (κ2) is 6.09. The zero-order valence-corrected chi connectivity index (χ0v) is 13.5. The minimum absolute atomic E-state index is 0.0682. The van der Waals surface area contributed by atoms with Gasteiger partial charge in [0.25, 0.3) is 0 Å². The molecule has 1 aromatic rings. The Morgan fingerprint density at radius 3 is 2.95 bits per heavy atom. The lowest BCUT2D eigenvalue weighted by molar-refractivity contribution is 0.259. The minimum atomic E-state index is -3.05. The molecule has 0 radical (unpaired) electrons. The maximum Gasteiger partial charge on any atom is 0.164 e. The number of nitrogens with two attached hydrogens (primary N) is 1. The molecule has 2 N–H and O–H groups in total. The quantitative estimate of drug-likeness (QED) is 0.894. The van der Waals surface area contributed by atoms with Crippen LogP contribution in [0.5, 0.6) is 0 Å². The highest BCUT2D eigenvalue weighted by atomic mass is 32.2. The lowest BCUT2D eigenvalue weighted by Crippen LogP contribution is -2.46. The summed E-state index contributed by atoms with van der Waals surface area (Å²) in [6, 6.07) is -0.0682. The zero-order valence-electron chi connectivity index (χ0n) is 11.1. The predicted octanol–water partition coefficient (Wildman–Crippen LogP) is 1.08. The smallest absolute Gasteiger partial charge is 0.164 e. The minimum Gasteiger partial charge on any atom is -0.322 e. The standard InChI is InChI=1S/C11H19N3O2S3/c1-8(12)11-13-9(6-18-11)5-14-3-4-17-7-10(14)19(2,15)16/h6,8,10H,3-5,7,12H2,1-2H3. The van der Waals surface area contributed by atoms with Gasteiger partial charge in [0.1, 0.15) is 10.4 Å². The van der Waals surface area contributed by atoms with Gasteiger partial charge in [-0.05, 0) is 6.92 Å². The van der Waals surface area contributed by atoms with Gasteiger partial charge in [-0.1, -0.05) is 0 Å². The first-order chi connectivity index (χ1) is 8.88. The van der Waals surface area contributed by atoms with Crippen molar-refractivity contribution >= 4 is 32.9 Å². The molecule has 0 saturated carbocycles. The highest BCUT2D eigenvalue weighted by molar-refractivity contribution is 8.00. The molecule has 5 nitrogen and oxygen atoms in total. The first-order valence-electron chi connectivity index (χ1n) is 6.08. The molecule has 0 aliphatic carbocycles. The van der Waals surface area contributed by atoms with Gasteiger partial charge in [0.2, 0.25) is 0 Å². The van der Waals surface area contributed by atoms with Gasteiger partial charge in [0.05, 0.1) is 11.7 Å². The van der Waals surface area contributed by atoms with Crippen LogP contribution < -0.4 is 5.73 Å². The van der Waals surface area contributed by atoms with Crippen molar-refractivity contribution in [3.63, 3.8) is 0 Å². The molecule has 2 heterocycles. The van der Waals surface area contributed by atoms with Gasteiger partial charge in [0.15, 0.2) is 9.84 Å².